The smallest absolute Gasteiger partial charge is 0.255 e. The molecule has 3 rings (SSSR count). The number of anilines is 1. The minimum Gasteiger partial charge on any atom is -0.322 e. The third-order valence-electron chi connectivity index (χ3n) is 5.19. The van der Waals surface area contributed by atoms with Crippen LogP contribution in [0.2, 0.25) is 0 Å². The highest BCUT2D eigenvalue weighted by atomic mass is 16.1. The second-order valence-corrected chi connectivity index (χ2v) is 7.49. The van der Waals surface area contributed by atoms with Gasteiger partial charge in [0.05, 0.1) is 0 Å². The van der Waals surface area contributed by atoms with Crippen molar-refractivity contribution in [2.24, 2.45) is 0 Å². The lowest BCUT2D eigenvalue weighted by Crippen LogP contribution is -2.41. The van der Waals surface area contributed by atoms with Crippen LogP contribution in [0.15, 0.2) is 48.5 Å². The molecule has 1 saturated heterocycles. The summed E-state index contributed by atoms with van der Waals surface area (Å²) < 4.78 is 0. The summed E-state index contributed by atoms with van der Waals surface area (Å²) in [6, 6.07) is 16.6. The fourth-order valence-corrected chi connectivity index (χ4v) is 3.54. The molecule has 1 amide bonds. The second-order valence-electron chi connectivity index (χ2n) is 7.49. The maximum absolute atomic E-state index is 12.3. The van der Waals surface area contributed by atoms with Gasteiger partial charge in [-0.05, 0) is 76.8 Å². The molecule has 0 unspecified atom stereocenters. The Morgan fingerprint density at radius 1 is 1.12 bits per heavy atom. The van der Waals surface area contributed by atoms with Crippen LogP contribution in [0.25, 0.3) is 0 Å². The molecule has 0 radical (unpaired) electrons. The molecular formula is C22H29N3O. The molecule has 4 heteroatoms. The molecule has 138 valence electrons. The predicted molar refractivity (Wildman–Crippen MR) is 108 cm³/mol. The SMILES string of the molecule is Cc1cccc(C(=O)Nc2ccc(CN3CCC(N(C)C)CC3)cc2)c1. The summed E-state index contributed by atoms with van der Waals surface area (Å²) in [5, 5.41) is 2.98. The zero-order chi connectivity index (χ0) is 18.5. The van der Waals surface area contributed by atoms with E-state index >= 15 is 0 Å². The summed E-state index contributed by atoms with van der Waals surface area (Å²) in [6.07, 6.45) is 2.47. The van der Waals surface area contributed by atoms with Gasteiger partial charge in [0.1, 0.15) is 0 Å². The van der Waals surface area contributed by atoms with Crippen LogP contribution in [0.4, 0.5) is 5.69 Å². The number of hydrogen-bond donors (Lipinski definition) is 1. The molecule has 0 saturated carbocycles. The second kappa shape index (κ2) is 8.47. The first kappa shape index (κ1) is 18.6. The number of likely N-dealkylation sites (tertiary alicyclic amines) is 1. The van der Waals surface area contributed by atoms with E-state index in [0.29, 0.717) is 11.6 Å². The Morgan fingerprint density at radius 3 is 2.42 bits per heavy atom. The van der Waals surface area contributed by atoms with Crippen molar-refractivity contribution in [3.63, 3.8) is 0 Å². The molecule has 1 N–H and O–H groups in total. The van der Waals surface area contributed by atoms with Crippen molar-refractivity contribution in [1.82, 2.24) is 9.80 Å². The molecule has 1 fully saturated rings. The van der Waals surface area contributed by atoms with E-state index in [0.717, 1.165) is 30.9 Å². The van der Waals surface area contributed by atoms with Crippen LogP contribution in [-0.4, -0.2) is 48.9 Å². The van der Waals surface area contributed by atoms with E-state index in [9.17, 15) is 4.79 Å². The van der Waals surface area contributed by atoms with E-state index in [1.807, 2.05) is 43.3 Å². The van der Waals surface area contributed by atoms with Gasteiger partial charge in [0.2, 0.25) is 0 Å². The molecule has 2 aromatic rings. The normalized spacial score (nSPS) is 16.0. The van der Waals surface area contributed by atoms with Crippen molar-refractivity contribution in [2.75, 3.05) is 32.5 Å². The van der Waals surface area contributed by atoms with Gasteiger partial charge in [0.25, 0.3) is 5.91 Å². The van der Waals surface area contributed by atoms with Gasteiger partial charge in [-0.15, -0.1) is 0 Å². The van der Waals surface area contributed by atoms with E-state index in [2.05, 4.69) is 41.3 Å². The van der Waals surface area contributed by atoms with Gasteiger partial charge < -0.3 is 10.2 Å². The van der Waals surface area contributed by atoms with Gasteiger partial charge in [-0.25, -0.2) is 0 Å². The van der Waals surface area contributed by atoms with Crippen molar-refractivity contribution in [2.45, 2.75) is 32.4 Å². The molecule has 2 aromatic carbocycles. The first-order valence-electron chi connectivity index (χ1n) is 9.37. The topological polar surface area (TPSA) is 35.6 Å². The lowest BCUT2D eigenvalue weighted by molar-refractivity contribution is 0.102. The van der Waals surface area contributed by atoms with Crippen LogP contribution < -0.4 is 5.32 Å². The highest BCUT2D eigenvalue weighted by molar-refractivity contribution is 6.04. The maximum atomic E-state index is 12.3. The molecule has 1 aliphatic rings. The summed E-state index contributed by atoms with van der Waals surface area (Å²) in [6.45, 7) is 5.27. The Balaban J connectivity index is 1.53. The summed E-state index contributed by atoms with van der Waals surface area (Å²) in [7, 11) is 4.34. The Kier molecular flexibility index (Phi) is 6.07. The Hall–Kier alpha value is -2.17. The number of hydrogen-bond acceptors (Lipinski definition) is 3. The van der Waals surface area contributed by atoms with Gasteiger partial charge >= 0.3 is 0 Å². The summed E-state index contributed by atoms with van der Waals surface area (Å²) >= 11 is 0. The quantitative estimate of drug-likeness (QED) is 0.891. The minimum atomic E-state index is -0.0628. The average molecular weight is 351 g/mol. The number of rotatable bonds is 5. The zero-order valence-electron chi connectivity index (χ0n) is 16.0. The highest BCUT2D eigenvalue weighted by Crippen LogP contribution is 2.18. The lowest BCUT2D eigenvalue weighted by atomic mass is 10.0. The van der Waals surface area contributed by atoms with Gasteiger partial charge in [-0.1, -0.05) is 29.8 Å². The van der Waals surface area contributed by atoms with Gasteiger partial charge in [-0.2, -0.15) is 0 Å². The molecule has 0 atom stereocenters. The lowest BCUT2D eigenvalue weighted by Gasteiger charge is -2.35. The fraction of sp³-hybridized carbons (Fsp3) is 0.409. The third-order valence-corrected chi connectivity index (χ3v) is 5.19. The summed E-state index contributed by atoms with van der Waals surface area (Å²) in [5.74, 6) is -0.0628. The van der Waals surface area contributed by atoms with Crippen molar-refractivity contribution in [1.29, 1.82) is 0 Å². The summed E-state index contributed by atoms with van der Waals surface area (Å²) in [5.41, 5.74) is 3.91. The van der Waals surface area contributed by atoms with Crippen LogP contribution in [0.1, 0.15) is 34.3 Å². The first-order valence-corrected chi connectivity index (χ1v) is 9.37. The van der Waals surface area contributed by atoms with Crippen molar-refractivity contribution < 1.29 is 4.79 Å². The molecule has 1 heterocycles. The first-order chi connectivity index (χ1) is 12.5. The van der Waals surface area contributed by atoms with Crippen molar-refractivity contribution in [3.05, 3.63) is 65.2 Å². The molecule has 1 aliphatic heterocycles. The van der Waals surface area contributed by atoms with Crippen LogP contribution >= 0.6 is 0 Å². The van der Waals surface area contributed by atoms with E-state index in [-0.39, 0.29) is 5.91 Å². The third kappa shape index (κ3) is 4.93. The van der Waals surface area contributed by atoms with E-state index in [1.54, 1.807) is 0 Å². The fourth-order valence-electron chi connectivity index (χ4n) is 3.54. The summed E-state index contributed by atoms with van der Waals surface area (Å²) in [4.78, 5) is 17.2. The molecule has 0 aliphatic carbocycles. The van der Waals surface area contributed by atoms with Crippen LogP contribution in [-0.2, 0) is 6.54 Å². The molecule has 0 spiro atoms. The van der Waals surface area contributed by atoms with Crippen LogP contribution in [0.5, 0.6) is 0 Å². The number of piperidine rings is 1. The van der Waals surface area contributed by atoms with Crippen LogP contribution in [0, 0.1) is 6.92 Å². The predicted octanol–water partition coefficient (Wildman–Crippen LogP) is 3.77. The number of aryl methyl sites for hydroxylation is 1. The number of nitrogens with one attached hydrogen (secondary N) is 1. The van der Waals surface area contributed by atoms with Gasteiger partial charge in [-0.3, -0.25) is 9.69 Å². The van der Waals surface area contributed by atoms with E-state index < -0.39 is 0 Å². The standard InChI is InChI=1S/C22H29N3O/c1-17-5-4-6-19(15-17)22(26)23-20-9-7-18(8-10-20)16-25-13-11-21(12-14-25)24(2)3/h4-10,15,21H,11-14,16H2,1-3H3,(H,23,26). The van der Waals surface area contributed by atoms with Crippen LogP contribution in [0.3, 0.4) is 0 Å². The molecule has 0 aromatic heterocycles. The number of carbonyl (C=O) groups excluding carboxylic acids is 1. The van der Waals surface area contributed by atoms with Crippen molar-refractivity contribution >= 4 is 11.6 Å². The van der Waals surface area contributed by atoms with E-state index in [4.69, 9.17) is 0 Å². The molecular weight excluding hydrogens is 322 g/mol. The Labute approximate surface area is 156 Å². The molecule has 4 nitrogen and oxygen atoms in total. The number of nitrogens with zero attached hydrogens (tertiary/aromatic N) is 2. The van der Waals surface area contributed by atoms with Gasteiger partial charge in [0, 0.05) is 23.8 Å². The largest absolute Gasteiger partial charge is 0.322 e. The molecule has 26 heavy (non-hydrogen) atoms. The maximum Gasteiger partial charge on any atom is 0.255 e. The highest BCUT2D eigenvalue weighted by Gasteiger charge is 2.20. The average Bonchev–Trinajstić information content (AvgIpc) is 2.64. The number of benzene rings is 2. The van der Waals surface area contributed by atoms with E-state index in [1.165, 1.54) is 18.4 Å². The Bertz CT molecular complexity index is 731. The van der Waals surface area contributed by atoms with Crippen molar-refractivity contribution in [3.8, 4) is 0 Å². The zero-order valence-corrected chi connectivity index (χ0v) is 16.0. The molecule has 0 bridgehead atoms. The number of amides is 1. The minimum absolute atomic E-state index is 0.0628. The monoisotopic (exact) mass is 351 g/mol. The number of carbonyl (C=O) groups is 1. The van der Waals surface area contributed by atoms with Gasteiger partial charge in [0.15, 0.2) is 0 Å². The Morgan fingerprint density at radius 2 is 1.81 bits per heavy atom.